The third kappa shape index (κ3) is 4.15. The van der Waals surface area contributed by atoms with Gasteiger partial charge >= 0.3 is 12.0 Å². The normalized spacial score (nSPS) is 19.0. The first-order valence-corrected chi connectivity index (χ1v) is 8.74. The fourth-order valence-corrected chi connectivity index (χ4v) is 3.14. The van der Waals surface area contributed by atoms with Crippen molar-refractivity contribution in [2.45, 2.75) is 6.04 Å². The molecule has 2 atom stereocenters. The van der Waals surface area contributed by atoms with Crippen molar-refractivity contribution >= 4 is 52.5 Å². The van der Waals surface area contributed by atoms with Gasteiger partial charge in [-0.2, -0.15) is 0 Å². The third-order valence-corrected chi connectivity index (χ3v) is 4.90. The molecule has 140 valence electrons. The summed E-state index contributed by atoms with van der Waals surface area (Å²) >= 11 is 11.7. The van der Waals surface area contributed by atoms with E-state index < -0.39 is 29.9 Å². The first-order chi connectivity index (χ1) is 12.9. The zero-order valence-electron chi connectivity index (χ0n) is 13.9. The fraction of sp³-hybridized carbons (Fsp3) is 0.167. The number of halogens is 2. The van der Waals surface area contributed by atoms with Gasteiger partial charge in [-0.15, -0.1) is 0 Å². The Balaban J connectivity index is 1.75. The minimum Gasteiger partial charge on any atom is -0.481 e. The van der Waals surface area contributed by atoms with Crippen LogP contribution >= 0.6 is 23.2 Å². The van der Waals surface area contributed by atoms with E-state index >= 15 is 0 Å². The molecule has 1 aliphatic rings. The quantitative estimate of drug-likeness (QED) is 0.724. The van der Waals surface area contributed by atoms with Gasteiger partial charge in [-0.1, -0.05) is 41.4 Å². The van der Waals surface area contributed by atoms with E-state index in [0.29, 0.717) is 16.4 Å². The van der Waals surface area contributed by atoms with Crippen LogP contribution < -0.4 is 15.5 Å². The first kappa shape index (κ1) is 19.0. The summed E-state index contributed by atoms with van der Waals surface area (Å²) < 4.78 is 0. The van der Waals surface area contributed by atoms with Crippen LogP contribution in [0.15, 0.2) is 48.5 Å². The van der Waals surface area contributed by atoms with Crippen LogP contribution in [0.1, 0.15) is 0 Å². The van der Waals surface area contributed by atoms with Crippen LogP contribution in [0.2, 0.25) is 10.0 Å². The van der Waals surface area contributed by atoms with E-state index in [2.05, 4.69) is 10.6 Å². The monoisotopic (exact) mass is 407 g/mol. The molecule has 7 nitrogen and oxygen atoms in total. The number of benzene rings is 2. The predicted octanol–water partition coefficient (Wildman–Crippen LogP) is 3.23. The summed E-state index contributed by atoms with van der Waals surface area (Å²) in [6, 6.07) is 11.3. The number of hydrogen-bond acceptors (Lipinski definition) is 3. The van der Waals surface area contributed by atoms with Crippen LogP contribution in [0.25, 0.3) is 0 Å². The van der Waals surface area contributed by atoms with Crippen molar-refractivity contribution < 1.29 is 19.5 Å². The van der Waals surface area contributed by atoms with Gasteiger partial charge in [0, 0.05) is 17.9 Å². The molecule has 0 aromatic heterocycles. The van der Waals surface area contributed by atoms with Gasteiger partial charge in [0.15, 0.2) is 0 Å². The molecule has 0 unspecified atom stereocenters. The first-order valence-electron chi connectivity index (χ1n) is 7.98. The third-order valence-electron chi connectivity index (χ3n) is 4.16. The molecule has 0 radical (unpaired) electrons. The van der Waals surface area contributed by atoms with E-state index in [0.717, 1.165) is 0 Å². The molecule has 0 bridgehead atoms. The molecule has 0 spiro atoms. The molecule has 3 N–H and O–H groups in total. The number of amides is 3. The number of urea groups is 1. The van der Waals surface area contributed by atoms with Crippen molar-refractivity contribution in [3.63, 3.8) is 0 Å². The number of rotatable bonds is 4. The summed E-state index contributed by atoms with van der Waals surface area (Å²) in [5.74, 6) is -2.73. The van der Waals surface area contributed by atoms with Gasteiger partial charge in [0.05, 0.1) is 10.0 Å². The maximum Gasteiger partial charge on any atom is 0.319 e. The molecule has 0 saturated carbocycles. The van der Waals surface area contributed by atoms with Crippen LogP contribution in [0, 0.1) is 5.92 Å². The smallest absolute Gasteiger partial charge is 0.319 e. The van der Waals surface area contributed by atoms with E-state index in [-0.39, 0.29) is 11.6 Å². The molecule has 1 saturated heterocycles. The molecule has 3 rings (SSSR count). The average molecular weight is 408 g/mol. The summed E-state index contributed by atoms with van der Waals surface area (Å²) in [4.78, 5) is 37.9. The summed E-state index contributed by atoms with van der Waals surface area (Å²) in [6.45, 7) is -0.0318. The molecule has 1 heterocycles. The topological polar surface area (TPSA) is 98.7 Å². The number of carbonyl (C=O) groups is 3. The van der Waals surface area contributed by atoms with E-state index in [1.165, 1.54) is 23.1 Å². The van der Waals surface area contributed by atoms with Gasteiger partial charge in [-0.05, 0) is 30.3 Å². The number of nitrogens with one attached hydrogen (secondary N) is 2. The highest BCUT2D eigenvalue weighted by molar-refractivity contribution is 6.42. The Kier molecular flexibility index (Phi) is 5.53. The summed E-state index contributed by atoms with van der Waals surface area (Å²) in [5.41, 5.74) is 0.932. The number of carboxylic acids is 1. The molecule has 9 heteroatoms. The fourth-order valence-electron chi connectivity index (χ4n) is 2.84. The van der Waals surface area contributed by atoms with E-state index in [1.54, 1.807) is 30.3 Å². The Labute approximate surface area is 164 Å². The van der Waals surface area contributed by atoms with Crippen LogP contribution in [-0.2, 0) is 9.59 Å². The lowest BCUT2D eigenvalue weighted by Crippen LogP contribution is -2.47. The number of carboxylic acid groups (broad SMARTS) is 1. The van der Waals surface area contributed by atoms with Gasteiger partial charge in [-0.3, -0.25) is 9.59 Å². The number of anilines is 2. The lowest BCUT2D eigenvalue weighted by atomic mass is 10.0. The van der Waals surface area contributed by atoms with E-state index in [4.69, 9.17) is 23.2 Å². The highest BCUT2D eigenvalue weighted by Gasteiger charge is 2.45. The molecular weight excluding hydrogens is 393 g/mol. The summed E-state index contributed by atoms with van der Waals surface area (Å²) in [6.07, 6.45) is 0. The second-order valence-electron chi connectivity index (χ2n) is 5.93. The largest absolute Gasteiger partial charge is 0.481 e. The average Bonchev–Trinajstić information content (AvgIpc) is 2.96. The standard InChI is InChI=1S/C18H15Cl2N3O4/c19-13-7-6-10(8-14(13)20)21-18(27)22-15-12(17(25)26)9-23(16(15)24)11-4-2-1-3-5-11/h1-8,12,15H,9H2,(H,25,26)(H2,21,22,27)/t12-,15-/m1/s1. The van der Waals surface area contributed by atoms with Crippen molar-refractivity contribution in [2.75, 3.05) is 16.8 Å². The molecular formula is C18H15Cl2N3O4. The Morgan fingerprint density at radius 3 is 2.41 bits per heavy atom. The highest BCUT2D eigenvalue weighted by Crippen LogP contribution is 2.27. The van der Waals surface area contributed by atoms with E-state index in [9.17, 15) is 19.5 Å². The number of para-hydroxylation sites is 1. The predicted molar refractivity (Wildman–Crippen MR) is 102 cm³/mol. The lowest BCUT2D eigenvalue weighted by Gasteiger charge is -2.17. The molecule has 0 aliphatic carbocycles. The lowest BCUT2D eigenvalue weighted by molar-refractivity contribution is -0.142. The van der Waals surface area contributed by atoms with Crippen LogP contribution in [0.4, 0.5) is 16.2 Å². The van der Waals surface area contributed by atoms with Gasteiger partial charge in [0.25, 0.3) is 5.91 Å². The molecule has 2 aromatic carbocycles. The second kappa shape index (κ2) is 7.85. The molecule has 1 fully saturated rings. The molecule has 1 aliphatic heterocycles. The van der Waals surface area contributed by atoms with Gasteiger partial charge < -0.3 is 20.6 Å². The van der Waals surface area contributed by atoms with Crippen molar-refractivity contribution in [3.05, 3.63) is 58.6 Å². The minimum atomic E-state index is -1.19. The number of carbonyl (C=O) groups excluding carboxylic acids is 2. The number of nitrogens with zero attached hydrogens (tertiary/aromatic N) is 1. The van der Waals surface area contributed by atoms with Crippen LogP contribution in [0.5, 0.6) is 0 Å². The summed E-state index contributed by atoms with van der Waals surface area (Å²) in [5, 5.41) is 15.0. The van der Waals surface area contributed by atoms with Gasteiger partial charge in [0.1, 0.15) is 12.0 Å². The Morgan fingerprint density at radius 2 is 1.78 bits per heavy atom. The highest BCUT2D eigenvalue weighted by atomic mass is 35.5. The maximum atomic E-state index is 12.7. The van der Waals surface area contributed by atoms with Crippen molar-refractivity contribution in [3.8, 4) is 0 Å². The second-order valence-corrected chi connectivity index (χ2v) is 6.75. The van der Waals surface area contributed by atoms with Crippen LogP contribution in [-0.4, -0.2) is 35.6 Å². The zero-order chi connectivity index (χ0) is 19.6. The van der Waals surface area contributed by atoms with Crippen LogP contribution in [0.3, 0.4) is 0 Å². The van der Waals surface area contributed by atoms with Crippen molar-refractivity contribution in [1.82, 2.24) is 5.32 Å². The maximum absolute atomic E-state index is 12.7. The minimum absolute atomic E-state index is 0.0318. The van der Waals surface area contributed by atoms with Crippen molar-refractivity contribution in [1.29, 1.82) is 0 Å². The van der Waals surface area contributed by atoms with Gasteiger partial charge in [0.2, 0.25) is 0 Å². The Hall–Kier alpha value is -2.77. The SMILES string of the molecule is O=C(Nc1ccc(Cl)c(Cl)c1)N[C@H]1C(=O)N(c2ccccc2)C[C@H]1C(=O)O. The number of hydrogen-bond donors (Lipinski definition) is 3. The molecule has 3 amide bonds. The molecule has 27 heavy (non-hydrogen) atoms. The Bertz CT molecular complexity index is 891. The number of aliphatic carboxylic acids is 1. The van der Waals surface area contributed by atoms with Crippen molar-refractivity contribution in [2.24, 2.45) is 5.92 Å². The molecule has 2 aromatic rings. The zero-order valence-corrected chi connectivity index (χ0v) is 15.4. The van der Waals surface area contributed by atoms with E-state index in [1.807, 2.05) is 0 Å². The Morgan fingerprint density at radius 1 is 1.07 bits per heavy atom. The summed E-state index contributed by atoms with van der Waals surface area (Å²) in [7, 11) is 0. The van der Waals surface area contributed by atoms with Gasteiger partial charge in [-0.25, -0.2) is 4.79 Å².